The van der Waals surface area contributed by atoms with Gasteiger partial charge < -0.3 is 24.6 Å². The summed E-state index contributed by atoms with van der Waals surface area (Å²) in [6.07, 6.45) is 5.76. The quantitative estimate of drug-likeness (QED) is 0.636. The molecule has 156 valence electrons. The van der Waals surface area contributed by atoms with Crippen molar-refractivity contribution in [3.8, 4) is 17.2 Å². The Labute approximate surface area is 174 Å². The fraction of sp³-hybridized carbons (Fsp3) is 0.286. The van der Waals surface area contributed by atoms with E-state index in [2.05, 4.69) is 20.3 Å². The summed E-state index contributed by atoms with van der Waals surface area (Å²) in [4.78, 5) is 15.0. The third kappa shape index (κ3) is 3.67. The van der Waals surface area contributed by atoms with Gasteiger partial charge in [0.1, 0.15) is 12.0 Å². The van der Waals surface area contributed by atoms with Gasteiger partial charge in [0.25, 0.3) is 0 Å². The van der Waals surface area contributed by atoms with Gasteiger partial charge in [-0.3, -0.25) is 9.88 Å². The summed E-state index contributed by atoms with van der Waals surface area (Å²) in [5, 5.41) is 13.8. The zero-order valence-corrected chi connectivity index (χ0v) is 17.0. The van der Waals surface area contributed by atoms with Crippen molar-refractivity contribution in [2.75, 3.05) is 31.5 Å². The lowest BCUT2D eigenvalue weighted by Crippen LogP contribution is -2.36. The molecule has 0 aliphatic carbocycles. The minimum atomic E-state index is -0.689. The molecule has 1 aliphatic rings. The highest BCUT2D eigenvalue weighted by Crippen LogP contribution is 2.41. The van der Waals surface area contributed by atoms with Gasteiger partial charge in [0.05, 0.1) is 33.2 Å². The van der Waals surface area contributed by atoms with Crippen LogP contribution in [0.3, 0.4) is 0 Å². The highest BCUT2D eigenvalue weighted by atomic mass is 16.5. The highest BCUT2D eigenvalue weighted by molar-refractivity contribution is 5.68. The fourth-order valence-corrected chi connectivity index (χ4v) is 3.47. The number of aliphatic hydroxyl groups excluding tert-OH is 1. The van der Waals surface area contributed by atoms with Crippen LogP contribution >= 0.6 is 0 Å². The molecule has 0 saturated carbocycles. The summed E-state index contributed by atoms with van der Waals surface area (Å²) < 4.78 is 16.2. The number of aliphatic hydroxyl groups is 1. The zero-order chi connectivity index (χ0) is 21.1. The lowest BCUT2D eigenvalue weighted by Gasteiger charge is -2.34. The largest absolute Gasteiger partial charge is 0.493 e. The van der Waals surface area contributed by atoms with Crippen LogP contribution < -0.4 is 24.4 Å². The molecule has 9 heteroatoms. The number of rotatable bonds is 6. The second-order valence-corrected chi connectivity index (χ2v) is 6.68. The van der Waals surface area contributed by atoms with E-state index in [-0.39, 0.29) is 0 Å². The van der Waals surface area contributed by atoms with Crippen molar-refractivity contribution < 1.29 is 19.3 Å². The molecule has 1 atom stereocenters. The SMILES string of the molecule is COc1cc(Nc2ncc3c(n2)N(c2cccnc2)C(O)CC3)cc(OC)c1OC. The summed E-state index contributed by atoms with van der Waals surface area (Å²) in [5.74, 6) is 2.56. The maximum absolute atomic E-state index is 10.6. The Balaban J connectivity index is 1.70. The molecule has 4 rings (SSSR count). The Hall–Kier alpha value is -3.59. The second-order valence-electron chi connectivity index (χ2n) is 6.68. The molecule has 1 aliphatic heterocycles. The van der Waals surface area contributed by atoms with Crippen molar-refractivity contribution >= 4 is 23.1 Å². The van der Waals surface area contributed by atoms with Gasteiger partial charge in [0.2, 0.25) is 11.7 Å². The first-order chi connectivity index (χ1) is 14.6. The molecule has 0 spiro atoms. The zero-order valence-electron chi connectivity index (χ0n) is 17.0. The van der Waals surface area contributed by atoms with Crippen LogP contribution in [0.15, 0.2) is 42.9 Å². The van der Waals surface area contributed by atoms with Crippen LogP contribution in [0.1, 0.15) is 12.0 Å². The number of anilines is 4. The molecule has 30 heavy (non-hydrogen) atoms. The first kappa shape index (κ1) is 19.7. The van der Waals surface area contributed by atoms with E-state index in [1.807, 2.05) is 12.1 Å². The molecule has 0 amide bonds. The van der Waals surface area contributed by atoms with Gasteiger partial charge in [-0.25, -0.2) is 4.98 Å². The molecule has 3 heterocycles. The number of benzene rings is 1. The minimum absolute atomic E-state index is 0.381. The molecular formula is C21H23N5O4. The fourth-order valence-electron chi connectivity index (χ4n) is 3.47. The van der Waals surface area contributed by atoms with E-state index < -0.39 is 6.23 Å². The van der Waals surface area contributed by atoms with Crippen LogP contribution in [-0.2, 0) is 6.42 Å². The lowest BCUT2D eigenvalue weighted by atomic mass is 10.1. The Morgan fingerprint density at radius 3 is 2.50 bits per heavy atom. The number of pyridine rings is 1. The van der Waals surface area contributed by atoms with Crippen LogP contribution in [0.5, 0.6) is 17.2 Å². The smallest absolute Gasteiger partial charge is 0.229 e. The van der Waals surface area contributed by atoms with Gasteiger partial charge >= 0.3 is 0 Å². The van der Waals surface area contributed by atoms with E-state index in [4.69, 9.17) is 14.2 Å². The number of aryl methyl sites for hydroxylation is 1. The number of ether oxygens (including phenoxy) is 3. The van der Waals surface area contributed by atoms with E-state index in [0.29, 0.717) is 47.5 Å². The van der Waals surface area contributed by atoms with Crippen molar-refractivity contribution in [1.29, 1.82) is 0 Å². The van der Waals surface area contributed by atoms with Gasteiger partial charge in [-0.2, -0.15) is 4.98 Å². The summed E-state index contributed by atoms with van der Waals surface area (Å²) >= 11 is 0. The van der Waals surface area contributed by atoms with Gasteiger partial charge in [-0.15, -0.1) is 0 Å². The number of hydrogen-bond acceptors (Lipinski definition) is 9. The van der Waals surface area contributed by atoms with Crippen molar-refractivity contribution in [2.24, 2.45) is 0 Å². The Kier molecular flexibility index (Phi) is 5.53. The van der Waals surface area contributed by atoms with E-state index in [1.54, 1.807) is 57.0 Å². The van der Waals surface area contributed by atoms with Crippen molar-refractivity contribution in [2.45, 2.75) is 19.1 Å². The number of methoxy groups -OCH3 is 3. The van der Waals surface area contributed by atoms with Crippen molar-refractivity contribution in [3.63, 3.8) is 0 Å². The first-order valence-corrected chi connectivity index (χ1v) is 9.45. The normalized spacial score (nSPS) is 15.3. The average Bonchev–Trinajstić information content (AvgIpc) is 2.78. The van der Waals surface area contributed by atoms with E-state index in [0.717, 1.165) is 11.3 Å². The third-order valence-corrected chi connectivity index (χ3v) is 4.88. The van der Waals surface area contributed by atoms with E-state index in [9.17, 15) is 5.11 Å². The maximum atomic E-state index is 10.6. The maximum Gasteiger partial charge on any atom is 0.229 e. The summed E-state index contributed by atoms with van der Waals surface area (Å²) in [6, 6.07) is 7.27. The Bertz CT molecular complexity index is 1010. The van der Waals surface area contributed by atoms with Crippen molar-refractivity contribution in [1.82, 2.24) is 15.0 Å². The summed E-state index contributed by atoms with van der Waals surface area (Å²) in [7, 11) is 4.67. The molecule has 2 N–H and O–H groups in total. The Morgan fingerprint density at radius 1 is 1.10 bits per heavy atom. The monoisotopic (exact) mass is 409 g/mol. The highest BCUT2D eigenvalue weighted by Gasteiger charge is 2.28. The minimum Gasteiger partial charge on any atom is -0.493 e. The topological polar surface area (TPSA) is 102 Å². The molecule has 0 bridgehead atoms. The molecule has 2 aromatic heterocycles. The molecule has 1 aromatic carbocycles. The van der Waals surface area contributed by atoms with Crippen LogP contribution in [-0.4, -0.2) is 47.6 Å². The number of nitrogens with zero attached hydrogens (tertiary/aromatic N) is 4. The number of aromatic nitrogens is 3. The standard InChI is InChI=1S/C21H23N5O4/c1-28-16-9-14(10-17(29-2)19(16)30-3)24-21-23-11-13-6-7-18(27)26(20(13)25-21)15-5-4-8-22-12-15/h4-5,8-12,18,27H,6-7H2,1-3H3,(H,23,24,25). The summed E-state index contributed by atoms with van der Waals surface area (Å²) in [6.45, 7) is 0. The second kappa shape index (κ2) is 8.42. The number of nitrogens with one attached hydrogen (secondary N) is 1. The van der Waals surface area contributed by atoms with Gasteiger partial charge in [-0.05, 0) is 25.0 Å². The molecule has 0 radical (unpaired) electrons. The van der Waals surface area contributed by atoms with Crippen LogP contribution in [0.25, 0.3) is 0 Å². The van der Waals surface area contributed by atoms with Gasteiger partial charge in [0, 0.05) is 35.8 Å². The average molecular weight is 409 g/mol. The molecule has 1 unspecified atom stereocenters. The van der Waals surface area contributed by atoms with Crippen molar-refractivity contribution in [3.05, 3.63) is 48.4 Å². The predicted octanol–water partition coefficient (Wildman–Crippen LogP) is 3.04. The number of hydrogen-bond donors (Lipinski definition) is 2. The molecule has 0 fully saturated rings. The number of fused-ring (bicyclic) bond motifs is 1. The Morgan fingerprint density at radius 2 is 1.87 bits per heavy atom. The van der Waals surface area contributed by atoms with Gasteiger partial charge in [0.15, 0.2) is 11.5 Å². The van der Waals surface area contributed by atoms with E-state index >= 15 is 0 Å². The molecule has 0 saturated heterocycles. The van der Waals surface area contributed by atoms with Gasteiger partial charge in [-0.1, -0.05) is 0 Å². The molecule has 9 nitrogen and oxygen atoms in total. The molecule has 3 aromatic rings. The first-order valence-electron chi connectivity index (χ1n) is 9.45. The van der Waals surface area contributed by atoms with E-state index in [1.165, 1.54) is 0 Å². The third-order valence-electron chi connectivity index (χ3n) is 4.88. The van der Waals surface area contributed by atoms with Crippen LogP contribution in [0.2, 0.25) is 0 Å². The van der Waals surface area contributed by atoms with Crippen LogP contribution in [0, 0.1) is 0 Å². The van der Waals surface area contributed by atoms with Crippen LogP contribution in [0.4, 0.5) is 23.1 Å². The lowest BCUT2D eigenvalue weighted by molar-refractivity contribution is 0.165. The summed E-state index contributed by atoms with van der Waals surface area (Å²) in [5.41, 5.74) is 2.40. The molecular weight excluding hydrogens is 386 g/mol. The predicted molar refractivity (Wildman–Crippen MR) is 112 cm³/mol.